The van der Waals surface area contributed by atoms with Crippen LogP contribution in [0.3, 0.4) is 0 Å². The van der Waals surface area contributed by atoms with E-state index in [1.54, 1.807) is 25.3 Å². The molecule has 20 heavy (non-hydrogen) atoms. The normalized spacial score (nSPS) is 10.4. The van der Waals surface area contributed by atoms with E-state index in [1.165, 1.54) is 6.07 Å². The van der Waals surface area contributed by atoms with E-state index in [0.717, 1.165) is 11.3 Å². The first-order valence-corrected chi connectivity index (χ1v) is 6.47. The van der Waals surface area contributed by atoms with Crippen molar-refractivity contribution in [1.82, 2.24) is 0 Å². The molecule has 0 spiro atoms. The Morgan fingerprint density at radius 1 is 1.25 bits per heavy atom. The summed E-state index contributed by atoms with van der Waals surface area (Å²) in [5, 5.41) is 12.6. The Kier molecular flexibility index (Phi) is 4.82. The van der Waals surface area contributed by atoms with Gasteiger partial charge in [-0.25, -0.2) is 4.39 Å². The van der Waals surface area contributed by atoms with Crippen LogP contribution < -0.4 is 10.1 Å². The second kappa shape index (κ2) is 6.59. The van der Waals surface area contributed by atoms with Gasteiger partial charge in [0.05, 0.1) is 18.7 Å². The first-order chi connectivity index (χ1) is 9.63. The molecule has 0 atom stereocenters. The quantitative estimate of drug-likeness (QED) is 0.886. The molecule has 3 nitrogen and oxygen atoms in total. The number of benzene rings is 2. The Hall–Kier alpha value is -1.78. The molecule has 0 aromatic heterocycles. The van der Waals surface area contributed by atoms with E-state index in [1.807, 2.05) is 12.1 Å². The summed E-state index contributed by atoms with van der Waals surface area (Å²) < 4.78 is 18.2. The third-order valence-electron chi connectivity index (χ3n) is 2.93. The van der Waals surface area contributed by atoms with Gasteiger partial charge in [0, 0.05) is 17.8 Å². The lowest BCUT2D eigenvalue weighted by atomic mass is 10.1. The van der Waals surface area contributed by atoms with Gasteiger partial charge in [-0.15, -0.1) is 0 Å². The molecule has 0 bridgehead atoms. The fourth-order valence-corrected chi connectivity index (χ4v) is 2.07. The molecule has 0 fully saturated rings. The molecule has 0 saturated heterocycles. The summed E-state index contributed by atoms with van der Waals surface area (Å²) >= 11 is 5.73. The van der Waals surface area contributed by atoms with E-state index in [-0.39, 0.29) is 11.6 Å². The molecule has 2 rings (SSSR count). The summed E-state index contributed by atoms with van der Waals surface area (Å²) in [4.78, 5) is 0. The number of nitrogens with one attached hydrogen (secondary N) is 1. The molecule has 2 aromatic carbocycles. The lowest BCUT2D eigenvalue weighted by molar-refractivity contribution is 0.274. The standard InChI is InChI=1S/C15H15ClFNO2/c1-20-15-5-3-12(7-11(15)9-19)18-8-10-2-4-14(17)13(16)6-10/h2-7,18-19H,8-9H2,1H3. The van der Waals surface area contributed by atoms with Crippen molar-refractivity contribution in [2.75, 3.05) is 12.4 Å². The van der Waals surface area contributed by atoms with Crippen LogP contribution in [-0.4, -0.2) is 12.2 Å². The van der Waals surface area contributed by atoms with Crippen molar-refractivity contribution < 1.29 is 14.2 Å². The fourth-order valence-electron chi connectivity index (χ4n) is 1.87. The molecule has 0 aliphatic rings. The third-order valence-corrected chi connectivity index (χ3v) is 3.22. The number of hydrogen-bond donors (Lipinski definition) is 2. The number of halogens is 2. The third kappa shape index (κ3) is 3.40. The highest BCUT2D eigenvalue weighted by atomic mass is 35.5. The summed E-state index contributed by atoms with van der Waals surface area (Å²) in [6.07, 6.45) is 0. The predicted molar refractivity (Wildman–Crippen MR) is 77.7 cm³/mol. The van der Waals surface area contributed by atoms with E-state index < -0.39 is 5.82 Å². The van der Waals surface area contributed by atoms with Crippen molar-refractivity contribution in [1.29, 1.82) is 0 Å². The van der Waals surface area contributed by atoms with Crippen LogP contribution in [0.2, 0.25) is 5.02 Å². The van der Waals surface area contributed by atoms with E-state index in [9.17, 15) is 9.50 Å². The number of methoxy groups -OCH3 is 1. The van der Waals surface area contributed by atoms with Gasteiger partial charge in [0.1, 0.15) is 11.6 Å². The molecule has 0 amide bonds. The fraction of sp³-hybridized carbons (Fsp3) is 0.200. The Morgan fingerprint density at radius 2 is 2.05 bits per heavy atom. The summed E-state index contributed by atoms with van der Waals surface area (Å²) in [5.41, 5.74) is 2.42. The highest BCUT2D eigenvalue weighted by molar-refractivity contribution is 6.30. The molecule has 5 heteroatoms. The Balaban J connectivity index is 2.08. The number of ether oxygens (including phenoxy) is 1. The minimum absolute atomic E-state index is 0.0962. The number of hydrogen-bond acceptors (Lipinski definition) is 3. The van der Waals surface area contributed by atoms with Crippen LogP contribution in [0.25, 0.3) is 0 Å². The van der Waals surface area contributed by atoms with Crippen molar-refractivity contribution in [2.45, 2.75) is 13.2 Å². The monoisotopic (exact) mass is 295 g/mol. The van der Waals surface area contributed by atoms with Gasteiger partial charge in [-0.2, -0.15) is 0 Å². The average molecular weight is 296 g/mol. The van der Waals surface area contributed by atoms with Gasteiger partial charge in [0.25, 0.3) is 0 Å². The minimum atomic E-state index is -0.428. The van der Waals surface area contributed by atoms with Crippen LogP contribution in [0, 0.1) is 5.82 Å². The maximum Gasteiger partial charge on any atom is 0.141 e. The molecule has 0 heterocycles. The Morgan fingerprint density at radius 3 is 2.70 bits per heavy atom. The zero-order valence-corrected chi connectivity index (χ0v) is 11.7. The van der Waals surface area contributed by atoms with Gasteiger partial charge in [0.2, 0.25) is 0 Å². The Labute approximate surface area is 122 Å². The van der Waals surface area contributed by atoms with Crippen molar-refractivity contribution in [3.8, 4) is 5.75 Å². The molecular formula is C15H15ClFNO2. The molecule has 0 radical (unpaired) electrons. The topological polar surface area (TPSA) is 41.5 Å². The van der Waals surface area contributed by atoms with Crippen LogP contribution in [0.15, 0.2) is 36.4 Å². The van der Waals surface area contributed by atoms with Gasteiger partial charge in [0.15, 0.2) is 0 Å². The lowest BCUT2D eigenvalue weighted by Crippen LogP contribution is -2.01. The first kappa shape index (κ1) is 14.6. The maximum atomic E-state index is 13.1. The lowest BCUT2D eigenvalue weighted by Gasteiger charge is -2.11. The van der Waals surface area contributed by atoms with Crippen molar-refractivity contribution in [3.05, 3.63) is 58.4 Å². The minimum Gasteiger partial charge on any atom is -0.496 e. The number of anilines is 1. The second-order valence-corrected chi connectivity index (χ2v) is 4.69. The predicted octanol–water partition coefficient (Wildman–Crippen LogP) is 3.59. The molecule has 2 aromatic rings. The van der Waals surface area contributed by atoms with Crippen LogP contribution in [-0.2, 0) is 13.2 Å². The summed E-state index contributed by atoms with van der Waals surface area (Å²) in [5.74, 6) is 0.213. The number of aliphatic hydroxyl groups excluding tert-OH is 1. The van der Waals surface area contributed by atoms with Gasteiger partial charge in [-0.1, -0.05) is 17.7 Å². The smallest absolute Gasteiger partial charge is 0.141 e. The number of rotatable bonds is 5. The largest absolute Gasteiger partial charge is 0.496 e. The highest BCUT2D eigenvalue weighted by Crippen LogP contribution is 2.23. The molecule has 2 N–H and O–H groups in total. The first-order valence-electron chi connectivity index (χ1n) is 6.09. The van der Waals surface area contributed by atoms with Crippen LogP contribution in [0.4, 0.5) is 10.1 Å². The van der Waals surface area contributed by atoms with E-state index in [2.05, 4.69) is 5.32 Å². The van der Waals surface area contributed by atoms with Crippen LogP contribution in [0.1, 0.15) is 11.1 Å². The van der Waals surface area contributed by atoms with Crippen molar-refractivity contribution >= 4 is 17.3 Å². The molecule has 0 unspecified atom stereocenters. The van der Waals surface area contributed by atoms with E-state index in [4.69, 9.17) is 16.3 Å². The van der Waals surface area contributed by atoms with Crippen molar-refractivity contribution in [3.63, 3.8) is 0 Å². The van der Waals surface area contributed by atoms with Crippen LogP contribution >= 0.6 is 11.6 Å². The van der Waals surface area contributed by atoms with Gasteiger partial charge in [-0.3, -0.25) is 0 Å². The average Bonchev–Trinajstić information content (AvgIpc) is 2.48. The summed E-state index contributed by atoms with van der Waals surface area (Å²) in [6, 6.07) is 10.0. The number of aliphatic hydroxyl groups is 1. The van der Waals surface area contributed by atoms with E-state index >= 15 is 0 Å². The molecule has 106 valence electrons. The molecule has 0 aliphatic heterocycles. The van der Waals surface area contributed by atoms with E-state index in [0.29, 0.717) is 17.9 Å². The highest BCUT2D eigenvalue weighted by Gasteiger charge is 2.04. The zero-order chi connectivity index (χ0) is 14.5. The van der Waals surface area contributed by atoms with Gasteiger partial charge >= 0.3 is 0 Å². The van der Waals surface area contributed by atoms with Crippen molar-refractivity contribution in [2.24, 2.45) is 0 Å². The summed E-state index contributed by atoms with van der Waals surface area (Å²) in [7, 11) is 1.56. The SMILES string of the molecule is COc1ccc(NCc2ccc(F)c(Cl)c2)cc1CO. The van der Waals surface area contributed by atoms with Gasteiger partial charge in [-0.05, 0) is 35.9 Å². The molecule has 0 saturated carbocycles. The summed E-state index contributed by atoms with van der Waals surface area (Å²) in [6.45, 7) is 0.415. The molecular weight excluding hydrogens is 281 g/mol. The zero-order valence-electron chi connectivity index (χ0n) is 11.0. The Bertz CT molecular complexity index is 604. The van der Waals surface area contributed by atoms with Crippen LogP contribution in [0.5, 0.6) is 5.75 Å². The maximum absolute atomic E-state index is 13.1. The molecule has 0 aliphatic carbocycles. The second-order valence-electron chi connectivity index (χ2n) is 4.29. The van der Waals surface area contributed by atoms with Gasteiger partial charge < -0.3 is 15.2 Å².